The molecule has 2 aromatic carbocycles. The quantitative estimate of drug-likeness (QED) is 0.536. The molecular weight excluding hydrogens is 389 g/mol. The summed E-state index contributed by atoms with van der Waals surface area (Å²) in [5.41, 5.74) is -5.53. The van der Waals surface area contributed by atoms with E-state index in [1.54, 1.807) is 24.3 Å². The van der Waals surface area contributed by atoms with Gasteiger partial charge in [0.15, 0.2) is 5.75 Å². The van der Waals surface area contributed by atoms with Crippen molar-refractivity contribution in [2.24, 2.45) is 0 Å². The number of aromatic nitrogens is 2. The minimum atomic E-state index is -6.05. The maximum Gasteiger partial charge on any atom is 0.534 e. The average Bonchev–Trinajstić information content (AvgIpc) is 2.54. The number of aryl methyl sites for hydroxylation is 1. The fourth-order valence-corrected chi connectivity index (χ4v) is 2.78. The topological polar surface area (TPSA) is 98.5 Å². The summed E-state index contributed by atoms with van der Waals surface area (Å²) >= 11 is 0. The van der Waals surface area contributed by atoms with Gasteiger partial charge >= 0.3 is 15.6 Å². The van der Waals surface area contributed by atoms with Gasteiger partial charge in [0.05, 0.1) is 11.2 Å². The molecular formula is C16H11F3N2O5S. The van der Waals surface area contributed by atoms with Crippen molar-refractivity contribution in [2.45, 2.75) is 12.4 Å². The number of phenolic OH excluding ortho intramolecular Hbond substituents is 1. The highest BCUT2D eigenvalue weighted by atomic mass is 32.2. The van der Waals surface area contributed by atoms with Gasteiger partial charge in [0.25, 0.3) is 5.56 Å². The van der Waals surface area contributed by atoms with Gasteiger partial charge in [-0.3, -0.25) is 9.36 Å². The lowest BCUT2D eigenvalue weighted by Crippen LogP contribution is -2.29. The number of benzene rings is 2. The maximum absolute atomic E-state index is 12.8. The number of rotatable bonds is 3. The zero-order chi connectivity index (χ0) is 20.0. The van der Waals surface area contributed by atoms with Crippen LogP contribution in [0.3, 0.4) is 0 Å². The standard InChI is InChI=1S/C16H11F3N2O5S/c1-9-2-4-10(5-3-9)21-8-20-12-6-11(22)7-13(14(12)15(21)23)26-27(24,25)16(17,18)19/h2-8,22H,1H3. The number of fused-ring (bicyclic) bond motifs is 1. The van der Waals surface area contributed by atoms with Crippen LogP contribution in [0.15, 0.2) is 47.5 Å². The fraction of sp³-hybridized carbons (Fsp3) is 0.125. The van der Waals surface area contributed by atoms with E-state index in [-0.39, 0.29) is 5.52 Å². The molecule has 0 unspecified atom stereocenters. The number of alkyl halides is 3. The summed E-state index contributed by atoms with van der Waals surface area (Å²) in [6.07, 6.45) is 1.11. The van der Waals surface area contributed by atoms with E-state index in [0.717, 1.165) is 22.5 Å². The summed E-state index contributed by atoms with van der Waals surface area (Å²) in [5, 5.41) is 9.09. The van der Waals surface area contributed by atoms with Crippen molar-refractivity contribution in [3.63, 3.8) is 0 Å². The van der Waals surface area contributed by atoms with Crippen molar-refractivity contribution < 1.29 is 30.9 Å². The molecule has 0 saturated heterocycles. The monoisotopic (exact) mass is 400 g/mol. The second-order valence-corrected chi connectivity index (χ2v) is 7.11. The van der Waals surface area contributed by atoms with Crippen molar-refractivity contribution in [1.29, 1.82) is 0 Å². The van der Waals surface area contributed by atoms with E-state index < -0.39 is 38.1 Å². The lowest BCUT2D eigenvalue weighted by atomic mass is 10.2. The summed E-state index contributed by atoms with van der Waals surface area (Å²) in [6, 6.07) is 8.18. The van der Waals surface area contributed by atoms with Crippen molar-refractivity contribution in [3.05, 3.63) is 58.6 Å². The first kappa shape index (κ1) is 18.7. The zero-order valence-corrected chi connectivity index (χ0v) is 14.4. The fourth-order valence-electron chi connectivity index (χ4n) is 2.32. The normalized spacial score (nSPS) is 12.3. The molecule has 0 fully saturated rings. The summed E-state index contributed by atoms with van der Waals surface area (Å²) in [6.45, 7) is 1.82. The third-order valence-electron chi connectivity index (χ3n) is 3.61. The molecule has 0 aliphatic heterocycles. The molecule has 7 nitrogen and oxygen atoms in total. The second kappa shape index (κ2) is 6.27. The second-order valence-electron chi connectivity index (χ2n) is 5.58. The van der Waals surface area contributed by atoms with Crippen LogP contribution in [-0.2, 0) is 10.1 Å². The Morgan fingerprint density at radius 1 is 1.15 bits per heavy atom. The molecule has 1 heterocycles. The van der Waals surface area contributed by atoms with Crippen LogP contribution in [-0.4, -0.2) is 28.6 Å². The molecule has 1 aromatic heterocycles. The van der Waals surface area contributed by atoms with Gasteiger partial charge in [-0.2, -0.15) is 21.6 Å². The highest BCUT2D eigenvalue weighted by Crippen LogP contribution is 2.32. The number of hydrogen-bond donors (Lipinski definition) is 1. The summed E-state index contributed by atoms with van der Waals surface area (Å²) < 4.78 is 65.6. The van der Waals surface area contributed by atoms with Gasteiger partial charge in [0.1, 0.15) is 17.5 Å². The smallest absolute Gasteiger partial charge is 0.508 e. The molecule has 1 N–H and O–H groups in total. The molecule has 0 aliphatic rings. The van der Waals surface area contributed by atoms with Gasteiger partial charge in [0.2, 0.25) is 0 Å². The molecule has 0 atom stereocenters. The lowest BCUT2D eigenvalue weighted by molar-refractivity contribution is -0.0499. The summed E-state index contributed by atoms with van der Waals surface area (Å²) in [5.74, 6) is -1.59. The highest BCUT2D eigenvalue weighted by Gasteiger charge is 2.49. The van der Waals surface area contributed by atoms with Crippen LogP contribution in [0.25, 0.3) is 16.6 Å². The third kappa shape index (κ3) is 3.45. The predicted octanol–water partition coefficient (Wildman–Crippen LogP) is 2.63. The van der Waals surface area contributed by atoms with Gasteiger partial charge < -0.3 is 9.29 Å². The van der Waals surface area contributed by atoms with Gasteiger partial charge in [-0.25, -0.2) is 4.98 Å². The van der Waals surface area contributed by atoms with Crippen molar-refractivity contribution in [3.8, 4) is 17.2 Å². The molecule has 27 heavy (non-hydrogen) atoms. The molecule has 0 bridgehead atoms. The minimum Gasteiger partial charge on any atom is -0.508 e. The van der Waals surface area contributed by atoms with Gasteiger partial charge in [-0.05, 0) is 19.1 Å². The van der Waals surface area contributed by atoms with Crippen LogP contribution >= 0.6 is 0 Å². The molecule has 0 aliphatic carbocycles. The minimum absolute atomic E-state index is 0.226. The molecule has 0 radical (unpaired) electrons. The van der Waals surface area contributed by atoms with Crippen molar-refractivity contribution >= 4 is 21.0 Å². The number of aromatic hydroxyl groups is 1. The maximum atomic E-state index is 12.8. The zero-order valence-electron chi connectivity index (χ0n) is 13.6. The Labute approximate surface area is 150 Å². The Hall–Kier alpha value is -3.08. The molecule has 3 rings (SSSR count). The van der Waals surface area contributed by atoms with E-state index in [1.807, 2.05) is 6.92 Å². The Morgan fingerprint density at radius 2 is 1.78 bits per heavy atom. The SMILES string of the molecule is Cc1ccc(-n2cnc3cc(O)cc(OS(=O)(=O)C(F)(F)F)c3c2=O)cc1. The van der Waals surface area contributed by atoms with Crippen LogP contribution in [0, 0.1) is 6.92 Å². The molecule has 0 amide bonds. The number of halogens is 3. The molecule has 3 aromatic rings. The number of hydrogen-bond acceptors (Lipinski definition) is 6. The van der Waals surface area contributed by atoms with Crippen molar-refractivity contribution in [1.82, 2.24) is 9.55 Å². The highest BCUT2D eigenvalue weighted by molar-refractivity contribution is 7.88. The van der Waals surface area contributed by atoms with Gasteiger partial charge in [-0.1, -0.05) is 17.7 Å². The van der Waals surface area contributed by atoms with Crippen molar-refractivity contribution in [2.75, 3.05) is 0 Å². The first-order valence-electron chi connectivity index (χ1n) is 7.32. The molecule has 11 heteroatoms. The number of nitrogens with zero attached hydrogens (tertiary/aromatic N) is 2. The van der Waals surface area contributed by atoms with E-state index in [2.05, 4.69) is 9.17 Å². The van der Waals surface area contributed by atoms with Crippen LogP contribution in [0.1, 0.15) is 5.56 Å². The van der Waals surface area contributed by atoms with Crippen LogP contribution in [0.5, 0.6) is 11.5 Å². The Kier molecular flexibility index (Phi) is 4.34. The average molecular weight is 400 g/mol. The van der Waals surface area contributed by atoms with Gasteiger partial charge in [0, 0.05) is 12.1 Å². The van der Waals surface area contributed by atoms with Crippen LogP contribution < -0.4 is 9.74 Å². The molecule has 0 spiro atoms. The van der Waals surface area contributed by atoms with E-state index in [9.17, 15) is 31.5 Å². The Bertz CT molecular complexity index is 1190. The molecule has 142 valence electrons. The summed E-state index contributed by atoms with van der Waals surface area (Å²) in [7, 11) is -6.05. The van der Waals surface area contributed by atoms with E-state index in [4.69, 9.17) is 0 Å². The number of phenols is 1. The first-order chi connectivity index (χ1) is 12.5. The van der Waals surface area contributed by atoms with Crippen LogP contribution in [0.4, 0.5) is 13.2 Å². The largest absolute Gasteiger partial charge is 0.534 e. The predicted molar refractivity (Wildman–Crippen MR) is 89.3 cm³/mol. The third-order valence-corrected chi connectivity index (χ3v) is 4.57. The Balaban J connectivity index is 2.27. The lowest BCUT2D eigenvalue weighted by Gasteiger charge is -2.13. The van der Waals surface area contributed by atoms with E-state index in [0.29, 0.717) is 11.8 Å². The van der Waals surface area contributed by atoms with Crippen LogP contribution in [0.2, 0.25) is 0 Å². The Morgan fingerprint density at radius 3 is 2.37 bits per heavy atom. The van der Waals surface area contributed by atoms with E-state index >= 15 is 0 Å². The molecule has 0 saturated carbocycles. The first-order valence-corrected chi connectivity index (χ1v) is 8.72. The summed E-state index contributed by atoms with van der Waals surface area (Å²) in [4.78, 5) is 16.7. The van der Waals surface area contributed by atoms with E-state index in [1.165, 1.54) is 0 Å². The van der Waals surface area contributed by atoms with Gasteiger partial charge in [-0.15, -0.1) is 0 Å².